The third-order valence-electron chi connectivity index (χ3n) is 2.71. The van der Waals surface area contributed by atoms with Gasteiger partial charge >= 0.3 is 5.97 Å². The highest BCUT2D eigenvalue weighted by molar-refractivity contribution is 5.95. The maximum atomic E-state index is 11.7. The summed E-state index contributed by atoms with van der Waals surface area (Å²) in [6.45, 7) is 0.362. The first-order valence-corrected chi connectivity index (χ1v) is 5.52. The Bertz CT molecular complexity index is 522. The number of amides is 1. The Labute approximate surface area is 104 Å². The standard InChI is InChI=1S/C13H13NO4/c1-14-10-8-9(3-5-13(16)17)2-4-11(10)18-7-6-12(14)15/h2-5,8H,6-7H2,1H3,(H,16,17)/b5-3+. The molecule has 5 nitrogen and oxygen atoms in total. The molecule has 1 aromatic rings. The number of hydrogen-bond donors (Lipinski definition) is 1. The maximum Gasteiger partial charge on any atom is 0.328 e. The molecule has 1 aliphatic heterocycles. The molecule has 1 aromatic carbocycles. The fourth-order valence-corrected chi connectivity index (χ4v) is 1.74. The van der Waals surface area contributed by atoms with Crippen LogP contribution < -0.4 is 9.64 Å². The molecule has 0 atom stereocenters. The molecule has 0 saturated carbocycles. The van der Waals surface area contributed by atoms with E-state index in [1.807, 2.05) is 0 Å². The average molecular weight is 247 g/mol. The summed E-state index contributed by atoms with van der Waals surface area (Å²) in [5.41, 5.74) is 1.37. The minimum Gasteiger partial charge on any atom is -0.491 e. The highest BCUT2D eigenvalue weighted by atomic mass is 16.5. The molecule has 0 spiro atoms. The predicted octanol–water partition coefficient (Wildman–Crippen LogP) is 1.53. The van der Waals surface area contributed by atoms with Gasteiger partial charge in [-0.05, 0) is 23.8 Å². The van der Waals surface area contributed by atoms with E-state index in [1.54, 1.807) is 25.2 Å². The molecule has 5 heteroatoms. The van der Waals surface area contributed by atoms with E-state index in [0.29, 0.717) is 30.0 Å². The summed E-state index contributed by atoms with van der Waals surface area (Å²) in [6.07, 6.45) is 2.87. The van der Waals surface area contributed by atoms with Crippen molar-refractivity contribution in [2.45, 2.75) is 6.42 Å². The lowest BCUT2D eigenvalue weighted by Gasteiger charge is -2.16. The van der Waals surface area contributed by atoms with Gasteiger partial charge in [0.2, 0.25) is 5.91 Å². The van der Waals surface area contributed by atoms with Crippen molar-refractivity contribution in [2.24, 2.45) is 0 Å². The molecule has 1 heterocycles. The molecule has 1 aliphatic rings. The second-order valence-electron chi connectivity index (χ2n) is 3.95. The first kappa shape index (κ1) is 12.2. The van der Waals surface area contributed by atoms with Gasteiger partial charge in [0.25, 0.3) is 0 Å². The molecule has 0 radical (unpaired) electrons. The molecule has 2 rings (SSSR count). The van der Waals surface area contributed by atoms with Crippen LogP contribution in [0.4, 0.5) is 5.69 Å². The Morgan fingerprint density at radius 1 is 1.50 bits per heavy atom. The number of ether oxygens (including phenoxy) is 1. The van der Waals surface area contributed by atoms with Crippen LogP contribution in [0, 0.1) is 0 Å². The van der Waals surface area contributed by atoms with E-state index in [1.165, 1.54) is 11.0 Å². The zero-order valence-corrected chi connectivity index (χ0v) is 9.92. The zero-order valence-electron chi connectivity index (χ0n) is 9.92. The lowest BCUT2D eigenvalue weighted by atomic mass is 10.1. The monoisotopic (exact) mass is 247 g/mol. The van der Waals surface area contributed by atoms with E-state index in [0.717, 1.165) is 6.08 Å². The Morgan fingerprint density at radius 2 is 2.28 bits per heavy atom. The summed E-state index contributed by atoms with van der Waals surface area (Å²) in [5.74, 6) is -0.394. The predicted molar refractivity (Wildman–Crippen MR) is 66.6 cm³/mol. The third-order valence-corrected chi connectivity index (χ3v) is 2.71. The van der Waals surface area contributed by atoms with Crippen molar-refractivity contribution >= 4 is 23.6 Å². The van der Waals surface area contributed by atoms with Crippen molar-refractivity contribution in [3.8, 4) is 5.75 Å². The number of carbonyl (C=O) groups excluding carboxylic acids is 1. The Morgan fingerprint density at radius 3 is 3.00 bits per heavy atom. The van der Waals surface area contributed by atoms with Gasteiger partial charge in [0, 0.05) is 13.1 Å². The number of carboxylic acids is 1. The summed E-state index contributed by atoms with van der Waals surface area (Å²) in [5, 5.41) is 8.58. The van der Waals surface area contributed by atoms with Gasteiger partial charge < -0.3 is 14.7 Å². The number of benzene rings is 1. The minimum atomic E-state index is -1.01. The largest absolute Gasteiger partial charge is 0.491 e. The summed E-state index contributed by atoms with van der Waals surface area (Å²) in [4.78, 5) is 23.7. The minimum absolute atomic E-state index is 0.0203. The number of carboxylic acid groups (broad SMARTS) is 1. The summed E-state index contributed by atoms with van der Waals surface area (Å²) < 4.78 is 5.47. The van der Waals surface area contributed by atoms with Gasteiger partial charge in [-0.3, -0.25) is 4.79 Å². The van der Waals surface area contributed by atoms with Gasteiger partial charge in [-0.2, -0.15) is 0 Å². The molecule has 0 saturated heterocycles. The second kappa shape index (κ2) is 4.91. The van der Waals surface area contributed by atoms with Crippen molar-refractivity contribution in [3.05, 3.63) is 29.8 Å². The molecule has 1 N–H and O–H groups in total. The quantitative estimate of drug-likeness (QED) is 0.805. The number of aliphatic carboxylic acids is 1. The molecule has 94 valence electrons. The highest BCUT2D eigenvalue weighted by Crippen LogP contribution is 2.31. The van der Waals surface area contributed by atoms with Crippen LogP contribution >= 0.6 is 0 Å². The molecular weight excluding hydrogens is 234 g/mol. The van der Waals surface area contributed by atoms with Gasteiger partial charge in [0.1, 0.15) is 5.75 Å². The van der Waals surface area contributed by atoms with Crippen LogP contribution in [0.15, 0.2) is 24.3 Å². The van der Waals surface area contributed by atoms with E-state index in [-0.39, 0.29) is 5.91 Å². The number of anilines is 1. The van der Waals surface area contributed by atoms with E-state index >= 15 is 0 Å². The van der Waals surface area contributed by atoms with Crippen LogP contribution in [0.5, 0.6) is 5.75 Å². The van der Waals surface area contributed by atoms with Gasteiger partial charge in [-0.1, -0.05) is 6.07 Å². The second-order valence-corrected chi connectivity index (χ2v) is 3.95. The fraction of sp³-hybridized carbons (Fsp3) is 0.231. The van der Waals surface area contributed by atoms with Crippen molar-refractivity contribution in [1.82, 2.24) is 0 Å². The molecule has 1 amide bonds. The van der Waals surface area contributed by atoms with E-state index in [9.17, 15) is 9.59 Å². The van der Waals surface area contributed by atoms with Gasteiger partial charge in [0.15, 0.2) is 0 Å². The molecule has 0 aromatic heterocycles. The number of nitrogens with zero attached hydrogens (tertiary/aromatic N) is 1. The summed E-state index contributed by atoms with van der Waals surface area (Å²) in [6, 6.07) is 5.23. The van der Waals surface area contributed by atoms with Crippen LogP contribution in [-0.4, -0.2) is 30.6 Å². The van der Waals surface area contributed by atoms with E-state index < -0.39 is 5.97 Å². The highest BCUT2D eigenvalue weighted by Gasteiger charge is 2.19. The van der Waals surface area contributed by atoms with Crippen LogP contribution in [0.3, 0.4) is 0 Å². The smallest absolute Gasteiger partial charge is 0.328 e. The van der Waals surface area contributed by atoms with Crippen LogP contribution in [0.25, 0.3) is 6.08 Å². The number of fused-ring (bicyclic) bond motifs is 1. The van der Waals surface area contributed by atoms with Gasteiger partial charge in [0.05, 0.1) is 18.7 Å². The Hall–Kier alpha value is -2.30. The first-order valence-electron chi connectivity index (χ1n) is 5.52. The van der Waals surface area contributed by atoms with Crippen LogP contribution in [-0.2, 0) is 9.59 Å². The SMILES string of the molecule is CN1C(=O)CCOc2ccc(/C=C/C(=O)O)cc21. The van der Waals surface area contributed by atoms with Crippen molar-refractivity contribution in [1.29, 1.82) is 0 Å². The number of hydrogen-bond acceptors (Lipinski definition) is 3. The molecule has 18 heavy (non-hydrogen) atoms. The number of carbonyl (C=O) groups is 2. The zero-order chi connectivity index (χ0) is 13.1. The maximum absolute atomic E-state index is 11.7. The number of rotatable bonds is 2. The van der Waals surface area contributed by atoms with Gasteiger partial charge in [-0.15, -0.1) is 0 Å². The van der Waals surface area contributed by atoms with Crippen LogP contribution in [0.1, 0.15) is 12.0 Å². The lowest BCUT2D eigenvalue weighted by Crippen LogP contribution is -2.25. The molecule has 0 fully saturated rings. The van der Waals surface area contributed by atoms with Crippen molar-refractivity contribution in [2.75, 3.05) is 18.6 Å². The lowest BCUT2D eigenvalue weighted by molar-refractivity contribution is -0.131. The van der Waals surface area contributed by atoms with Gasteiger partial charge in [-0.25, -0.2) is 4.79 Å². The van der Waals surface area contributed by atoms with E-state index in [4.69, 9.17) is 9.84 Å². The molecule has 0 aliphatic carbocycles. The molecule has 0 bridgehead atoms. The van der Waals surface area contributed by atoms with Crippen LogP contribution in [0.2, 0.25) is 0 Å². The molecule has 0 unspecified atom stereocenters. The summed E-state index contributed by atoms with van der Waals surface area (Å²) >= 11 is 0. The fourth-order valence-electron chi connectivity index (χ4n) is 1.74. The normalized spacial score (nSPS) is 15.2. The first-order chi connectivity index (χ1) is 8.58. The molecular formula is C13H13NO4. The average Bonchev–Trinajstić information content (AvgIpc) is 2.48. The Kier molecular flexibility index (Phi) is 3.32. The Balaban J connectivity index is 2.37. The van der Waals surface area contributed by atoms with E-state index in [2.05, 4.69) is 0 Å². The van der Waals surface area contributed by atoms with Crippen molar-refractivity contribution in [3.63, 3.8) is 0 Å². The van der Waals surface area contributed by atoms with Crippen molar-refractivity contribution < 1.29 is 19.4 Å². The topological polar surface area (TPSA) is 66.8 Å². The summed E-state index contributed by atoms with van der Waals surface area (Å²) in [7, 11) is 1.68. The third kappa shape index (κ3) is 2.51.